The second-order valence-electron chi connectivity index (χ2n) is 4.44. The zero-order chi connectivity index (χ0) is 12.7. The van der Waals surface area contributed by atoms with E-state index in [0.717, 1.165) is 13.0 Å². The molecule has 1 aromatic heterocycles. The summed E-state index contributed by atoms with van der Waals surface area (Å²) in [6.45, 7) is 7.92. The molecule has 1 rings (SSSR count). The van der Waals surface area contributed by atoms with E-state index in [2.05, 4.69) is 18.8 Å². The molecule has 0 aliphatic carbocycles. The van der Waals surface area contributed by atoms with Gasteiger partial charge in [0.2, 0.25) is 0 Å². The van der Waals surface area contributed by atoms with Gasteiger partial charge in [0.25, 0.3) is 5.91 Å². The van der Waals surface area contributed by atoms with Gasteiger partial charge in [-0.1, -0.05) is 26.7 Å². The van der Waals surface area contributed by atoms with Crippen LogP contribution in [0, 0.1) is 5.92 Å². The fraction of sp³-hybridized carbons (Fsp3) is 0.692. The second kappa shape index (κ2) is 7.09. The first-order chi connectivity index (χ1) is 8.19. The van der Waals surface area contributed by atoms with Crippen molar-refractivity contribution >= 4 is 5.91 Å². The number of hydrogen-bond acceptors (Lipinski definition) is 3. The Morgan fingerprint density at radius 2 is 2.24 bits per heavy atom. The molecule has 0 saturated heterocycles. The lowest BCUT2D eigenvalue weighted by Gasteiger charge is -2.21. The number of hydrogen-bond donors (Lipinski definition) is 0. The Kier molecular flexibility index (Phi) is 5.73. The predicted octanol–water partition coefficient (Wildman–Crippen LogP) is 2.96. The van der Waals surface area contributed by atoms with Gasteiger partial charge in [-0.15, -0.1) is 0 Å². The maximum atomic E-state index is 12.0. The SMILES string of the molecule is CCCC(C)CCN(CC)C(=O)c1cocn1. The van der Waals surface area contributed by atoms with Crippen LogP contribution in [0.1, 0.15) is 50.5 Å². The van der Waals surface area contributed by atoms with Crippen molar-refractivity contribution in [2.75, 3.05) is 13.1 Å². The Morgan fingerprint density at radius 3 is 2.76 bits per heavy atom. The molecule has 4 nitrogen and oxygen atoms in total. The summed E-state index contributed by atoms with van der Waals surface area (Å²) in [5.41, 5.74) is 0.398. The fourth-order valence-corrected chi connectivity index (χ4v) is 1.90. The number of aromatic nitrogens is 1. The molecule has 0 N–H and O–H groups in total. The first kappa shape index (κ1) is 13.7. The first-order valence-electron chi connectivity index (χ1n) is 6.36. The molecular weight excluding hydrogens is 216 g/mol. The smallest absolute Gasteiger partial charge is 0.275 e. The normalized spacial score (nSPS) is 12.4. The highest BCUT2D eigenvalue weighted by Gasteiger charge is 2.17. The van der Waals surface area contributed by atoms with Crippen LogP contribution in [0.25, 0.3) is 0 Å². The first-order valence-corrected chi connectivity index (χ1v) is 6.36. The summed E-state index contributed by atoms with van der Waals surface area (Å²) in [6.07, 6.45) is 6.16. The Bertz CT molecular complexity index is 322. The summed E-state index contributed by atoms with van der Waals surface area (Å²) < 4.78 is 4.84. The number of nitrogens with zero attached hydrogens (tertiary/aromatic N) is 2. The molecule has 1 unspecified atom stereocenters. The standard InChI is InChI=1S/C13H22N2O2/c1-4-6-11(3)7-8-15(5-2)13(16)12-9-17-10-14-12/h9-11H,4-8H2,1-3H3. The molecular formula is C13H22N2O2. The van der Waals surface area contributed by atoms with Gasteiger partial charge < -0.3 is 9.32 Å². The molecule has 1 amide bonds. The Labute approximate surface area is 103 Å². The van der Waals surface area contributed by atoms with E-state index in [1.54, 1.807) is 0 Å². The molecule has 0 aromatic carbocycles. The summed E-state index contributed by atoms with van der Waals surface area (Å²) in [5, 5.41) is 0. The minimum atomic E-state index is -0.0371. The van der Waals surface area contributed by atoms with Crippen molar-refractivity contribution in [1.29, 1.82) is 0 Å². The number of amides is 1. The minimum Gasteiger partial charge on any atom is -0.451 e. The number of carbonyl (C=O) groups excluding carboxylic acids is 1. The van der Waals surface area contributed by atoms with Crippen LogP contribution in [0.4, 0.5) is 0 Å². The lowest BCUT2D eigenvalue weighted by atomic mass is 10.0. The van der Waals surface area contributed by atoms with Crippen molar-refractivity contribution in [2.24, 2.45) is 5.92 Å². The van der Waals surface area contributed by atoms with Gasteiger partial charge in [-0.05, 0) is 19.3 Å². The third-order valence-electron chi connectivity index (χ3n) is 2.99. The van der Waals surface area contributed by atoms with Crippen LogP contribution in [0.15, 0.2) is 17.1 Å². The predicted molar refractivity (Wildman–Crippen MR) is 66.8 cm³/mol. The third-order valence-corrected chi connectivity index (χ3v) is 2.99. The largest absolute Gasteiger partial charge is 0.451 e. The van der Waals surface area contributed by atoms with Crippen molar-refractivity contribution in [1.82, 2.24) is 9.88 Å². The summed E-state index contributed by atoms with van der Waals surface area (Å²) in [6, 6.07) is 0. The van der Waals surface area contributed by atoms with E-state index in [0.29, 0.717) is 18.2 Å². The van der Waals surface area contributed by atoms with Crippen LogP contribution in [0.3, 0.4) is 0 Å². The van der Waals surface area contributed by atoms with Crippen LogP contribution in [0.5, 0.6) is 0 Å². The monoisotopic (exact) mass is 238 g/mol. The quantitative estimate of drug-likeness (QED) is 0.733. The van der Waals surface area contributed by atoms with Crippen molar-refractivity contribution in [2.45, 2.75) is 40.0 Å². The van der Waals surface area contributed by atoms with Gasteiger partial charge in [0.15, 0.2) is 12.1 Å². The van der Waals surface area contributed by atoms with E-state index in [-0.39, 0.29) is 5.91 Å². The average Bonchev–Trinajstić information content (AvgIpc) is 2.83. The molecule has 1 aromatic rings. The number of oxazole rings is 1. The maximum Gasteiger partial charge on any atom is 0.275 e. The number of rotatable bonds is 7. The van der Waals surface area contributed by atoms with E-state index >= 15 is 0 Å². The van der Waals surface area contributed by atoms with Crippen LogP contribution in [0.2, 0.25) is 0 Å². The van der Waals surface area contributed by atoms with Gasteiger partial charge in [0.1, 0.15) is 6.26 Å². The lowest BCUT2D eigenvalue weighted by Crippen LogP contribution is -2.32. The Hall–Kier alpha value is -1.32. The number of carbonyl (C=O) groups is 1. The molecule has 96 valence electrons. The van der Waals surface area contributed by atoms with Gasteiger partial charge in [-0.3, -0.25) is 4.79 Å². The Morgan fingerprint density at radius 1 is 1.47 bits per heavy atom. The molecule has 4 heteroatoms. The molecule has 17 heavy (non-hydrogen) atoms. The lowest BCUT2D eigenvalue weighted by molar-refractivity contribution is 0.0749. The Balaban J connectivity index is 2.46. The maximum absolute atomic E-state index is 12.0. The molecule has 0 fully saturated rings. The van der Waals surface area contributed by atoms with Crippen molar-refractivity contribution < 1.29 is 9.21 Å². The fourth-order valence-electron chi connectivity index (χ4n) is 1.90. The van der Waals surface area contributed by atoms with E-state index in [9.17, 15) is 4.79 Å². The molecule has 0 radical (unpaired) electrons. The molecule has 0 aliphatic heterocycles. The van der Waals surface area contributed by atoms with E-state index in [4.69, 9.17) is 4.42 Å². The summed E-state index contributed by atoms with van der Waals surface area (Å²) in [7, 11) is 0. The average molecular weight is 238 g/mol. The van der Waals surface area contributed by atoms with Crippen molar-refractivity contribution in [3.05, 3.63) is 18.4 Å². The molecule has 0 bridgehead atoms. The zero-order valence-electron chi connectivity index (χ0n) is 11.0. The van der Waals surface area contributed by atoms with Crippen molar-refractivity contribution in [3.8, 4) is 0 Å². The van der Waals surface area contributed by atoms with Crippen molar-refractivity contribution in [3.63, 3.8) is 0 Å². The van der Waals surface area contributed by atoms with E-state index in [1.807, 2.05) is 11.8 Å². The molecule has 1 heterocycles. The van der Waals surface area contributed by atoms with Gasteiger partial charge in [0.05, 0.1) is 0 Å². The zero-order valence-corrected chi connectivity index (χ0v) is 11.0. The van der Waals surface area contributed by atoms with Crippen LogP contribution < -0.4 is 0 Å². The summed E-state index contributed by atoms with van der Waals surface area (Å²) in [4.78, 5) is 17.7. The highest BCUT2D eigenvalue weighted by molar-refractivity contribution is 5.91. The van der Waals surface area contributed by atoms with E-state index in [1.165, 1.54) is 25.5 Å². The summed E-state index contributed by atoms with van der Waals surface area (Å²) in [5.74, 6) is 0.629. The van der Waals surface area contributed by atoms with E-state index < -0.39 is 0 Å². The van der Waals surface area contributed by atoms with Gasteiger partial charge in [-0.25, -0.2) is 4.98 Å². The third kappa shape index (κ3) is 4.21. The minimum absolute atomic E-state index is 0.0371. The molecule has 0 spiro atoms. The van der Waals surface area contributed by atoms with Crippen LogP contribution >= 0.6 is 0 Å². The summed E-state index contributed by atoms with van der Waals surface area (Å²) >= 11 is 0. The molecule has 0 aliphatic rings. The highest BCUT2D eigenvalue weighted by Crippen LogP contribution is 2.12. The topological polar surface area (TPSA) is 46.3 Å². The van der Waals surface area contributed by atoms with Gasteiger partial charge >= 0.3 is 0 Å². The van der Waals surface area contributed by atoms with Gasteiger partial charge in [0, 0.05) is 13.1 Å². The van der Waals surface area contributed by atoms with Crippen LogP contribution in [-0.4, -0.2) is 28.9 Å². The van der Waals surface area contributed by atoms with Gasteiger partial charge in [-0.2, -0.15) is 0 Å². The van der Waals surface area contributed by atoms with Crippen LogP contribution in [-0.2, 0) is 0 Å². The molecule has 0 saturated carbocycles. The highest BCUT2D eigenvalue weighted by atomic mass is 16.3. The molecule has 1 atom stereocenters. The second-order valence-corrected chi connectivity index (χ2v) is 4.44.